The first-order valence-corrected chi connectivity index (χ1v) is 6.25. The zero-order chi connectivity index (χ0) is 13.8. The van der Waals surface area contributed by atoms with E-state index in [4.69, 9.17) is 9.47 Å². The van der Waals surface area contributed by atoms with Crippen LogP contribution in [0, 0.1) is 0 Å². The first kappa shape index (κ1) is 13.7. The summed E-state index contributed by atoms with van der Waals surface area (Å²) in [6, 6.07) is 5.07. The SMILES string of the molecule is COC(=O)c1ccc(OC2CCN(C)C2)c(OC)c1. The first-order chi connectivity index (χ1) is 9.13. The summed E-state index contributed by atoms with van der Waals surface area (Å²) in [5, 5.41) is 0. The molecule has 0 bridgehead atoms. The molecule has 1 fully saturated rings. The Morgan fingerprint density at radius 1 is 1.32 bits per heavy atom. The van der Waals surface area contributed by atoms with Crippen molar-refractivity contribution in [3.63, 3.8) is 0 Å². The third kappa shape index (κ3) is 3.17. The average molecular weight is 265 g/mol. The van der Waals surface area contributed by atoms with Crippen molar-refractivity contribution in [1.82, 2.24) is 4.90 Å². The van der Waals surface area contributed by atoms with Crippen LogP contribution in [0.2, 0.25) is 0 Å². The highest BCUT2D eigenvalue weighted by molar-refractivity contribution is 5.90. The van der Waals surface area contributed by atoms with Crippen molar-refractivity contribution in [2.75, 3.05) is 34.4 Å². The molecule has 0 aromatic heterocycles. The molecule has 1 unspecified atom stereocenters. The number of carbonyl (C=O) groups is 1. The fraction of sp³-hybridized carbons (Fsp3) is 0.500. The molecule has 2 rings (SSSR count). The monoisotopic (exact) mass is 265 g/mol. The maximum Gasteiger partial charge on any atom is 0.337 e. The highest BCUT2D eigenvalue weighted by Crippen LogP contribution is 2.30. The van der Waals surface area contributed by atoms with Gasteiger partial charge in [-0.25, -0.2) is 4.79 Å². The fourth-order valence-corrected chi connectivity index (χ4v) is 2.18. The molecular weight excluding hydrogens is 246 g/mol. The third-order valence-corrected chi connectivity index (χ3v) is 3.23. The molecule has 0 aliphatic carbocycles. The average Bonchev–Trinajstić information content (AvgIpc) is 2.83. The lowest BCUT2D eigenvalue weighted by Gasteiger charge is -2.16. The molecule has 0 amide bonds. The zero-order valence-corrected chi connectivity index (χ0v) is 11.5. The van der Waals surface area contributed by atoms with Gasteiger partial charge in [0.15, 0.2) is 11.5 Å². The van der Waals surface area contributed by atoms with E-state index in [1.54, 1.807) is 25.3 Å². The predicted octanol–water partition coefficient (Wildman–Crippen LogP) is 1.56. The Labute approximate surface area is 113 Å². The molecule has 104 valence electrons. The van der Waals surface area contributed by atoms with Gasteiger partial charge < -0.3 is 19.1 Å². The van der Waals surface area contributed by atoms with Crippen LogP contribution in [0.25, 0.3) is 0 Å². The number of ether oxygens (including phenoxy) is 3. The van der Waals surface area contributed by atoms with E-state index >= 15 is 0 Å². The maximum atomic E-state index is 11.5. The minimum absolute atomic E-state index is 0.169. The molecule has 0 radical (unpaired) electrons. The van der Waals surface area contributed by atoms with E-state index < -0.39 is 0 Å². The van der Waals surface area contributed by atoms with Crippen molar-refractivity contribution >= 4 is 5.97 Å². The van der Waals surface area contributed by atoms with Gasteiger partial charge in [-0.05, 0) is 31.7 Å². The number of benzene rings is 1. The van der Waals surface area contributed by atoms with E-state index in [1.165, 1.54) is 7.11 Å². The number of likely N-dealkylation sites (tertiary alicyclic amines) is 1. The van der Waals surface area contributed by atoms with Crippen molar-refractivity contribution in [3.05, 3.63) is 23.8 Å². The normalized spacial score (nSPS) is 19.2. The molecular formula is C14H19NO4. The number of hydrogen-bond donors (Lipinski definition) is 0. The van der Waals surface area contributed by atoms with Crippen LogP contribution in [0.5, 0.6) is 11.5 Å². The van der Waals surface area contributed by atoms with Crippen LogP contribution in [-0.2, 0) is 4.74 Å². The highest BCUT2D eigenvalue weighted by atomic mass is 16.5. The van der Waals surface area contributed by atoms with Gasteiger partial charge in [0, 0.05) is 13.1 Å². The Morgan fingerprint density at radius 2 is 2.11 bits per heavy atom. The van der Waals surface area contributed by atoms with E-state index in [0.717, 1.165) is 19.5 Å². The number of methoxy groups -OCH3 is 2. The standard InChI is InChI=1S/C14H19NO4/c1-15-7-6-11(9-15)19-12-5-4-10(14(16)18-3)8-13(12)17-2/h4-5,8,11H,6-7,9H2,1-3H3. The topological polar surface area (TPSA) is 48.0 Å². The van der Waals surface area contributed by atoms with E-state index in [2.05, 4.69) is 16.7 Å². The molecule has 5 nitrogen and oxygen atoms in total. The second-order valence-electron chi connectivity index (χ2n) is 4.65. The van der Waals surface area contributed by atoms with Gasteiger partial charge in [0.2, 0.25) is 0 Å². The smallest absolute Gasteiger partial charge is 0.337 e. The summed E-state index contributed by atoms with van der Waals surface area (Å²) in [6.07, 6.45) is 1.17. The van der Waals surface area contributed by atoms with Crippen LogP contribution in [-0.4, -0.2) is 51.3 Å². The van der Waals surface area contributed by atoms with Crippen LogP contribution >= 0.6 is 0 Å². The van der Waals surface area contributed by atoms with Crippen molar-refractivity contribution < 1.29 is 19.0 Å². The highest BCUT2D eigenvalue weighted by Gasteiger charge is 2.22. The summed E-state index contributed by atoms with van der Waals surface area (Å²) in [5.74, 6) is 0.832. The van der Waals surface area contributed by atoms with Gasteiger partial charge in [0.25, 0.3) is 0 Å². The summed E-state index contributed by atoms with van der Waals surface area (Å²) in [6.45, 7) is 1.94. The Morgan fingerprint density at radius 3 is 2.68 bits per heavy atom. The van der Waals surface area contributed by atoms with Gasteiger partial charge >= 0.3 is 5.97 Å². The number of carbonyl (C=O) groups excluding carboxylic acids is 1. The zero-order valence-electron chi connectivity index (χ0n) is 11.5. The van der Waals surface area contributed by atoms with E-state index in [1.807, 2.05) is 0 Å². The third-order valence-electron chi connectivity index (χ3n) is 3.23. The van der Waals surface area contributed by atoms with Crippen LogP contribution in [0.1, 0.15) is 16.8 Å². The fourth-order valence-electron chi connectivity index (χ4n) is 2.18. The van der Waals surface area contributed by atoms with E-state index in [0.29, 0.717) is 17.1 Å². The Kier molecular flexibility index (Phi) is 4.27. The van der Waals surface area contributed by atoms with Crippen molar-refractivity contribution in [3.8, 4) is 11.5 Å². The number of esters is 1. The maximum absolute atomic E-state index is 11.5. The summed E-state index contributed by atoms with van der Waals surface area (Å²) in [7, 11) is 4.98. The Bertz CT molecular complexity index is 461. The summed E-state index contributed by atoms with van der Waals surface area (Å²) < 4.78 is 15.9. The molecule has 1 heterocycles. The second kappa shape index (κ2) is 5.93. The lowest BCUT2D eigenvalue weighted by Crippen LogP contribution is -2.21. The van der Waals surface area contributed by atoms with Crippen LogP contribution in [0.3, 0.4) is 0 Å². The van der Waals surface area contributed by atoms with Crippen LogP contribution in [0.15, 0.2) is 18.2 Å². The van der Waals surface area contributed by atoms with Crippen LogP contribution < -0.4 is 9.47 Å². The minimum Gasteiger partial charge on any atom is -0.493 e. The molecule has 0 saturated carbocycles. The first-order valence-electron chi connectivity index (χ1n) is 6.25. The molecule has 19 heavy (non-hydrogen) atoms. The number of hydrogen-bond acceptors (Lipinski definition) is 5. The Hall–Kier alpha value is -1.75. The van der Waals surface area contributed by atoms with Crippen LogP contribution in [0.4, 0.5) is 0 Å². The molecule has 0 spiro atoms. The van der Waals surface area contributed by atoms with Gasteiger partial charge in [-0.2, -0.15) is 0 Å². The van der Waals surface area contributed by atoms with E-state index in [9.17, 15) is 4.79 Å². The van der Waals surface area contributed by atoms with Crippen molar-refractivity contribution in [1.29, 1.82) is 0 Å². The predicted molar refractivity (Wildman–Crippen MR) is 70.9 cm³/mol. The lowest BCUT2D eigenvalue weighted by atomic mass is 10.2. The van der Waals surface area contributed by atoms with Crippen molar-refractivity contribution in [2.24, 2.45) is 0 Å². The summed E-state index contributed by atoms with van der Waals surface area (Å²) >= 11 is 0. The minimum atomic E-state index is -0.384. The number of nitrogens with zero attached hydrogens (tertiary/aromatic N) is 1. The molecule has 1 aliphatic heterocycles. The largest absolute Gasteiger partial charge is 0.493 e. The van der Waals surface area contributed by atoms with Crippen molar-refractivity contribution in [2.45, 2.75) is 12.5 Å². The lowest BCUT2D eigenvalue weighted by molar-refractivity contribution is 0.0600. The van der Waals surface area contributed by atoms with Gasteiger partial charge in [0.1, 0.15) is 6.10 Å². The summed E-state index contributed by atoms with van der Waals surface area (Å²) in [4.78, 5) is 13.7. The van der Waals surface area contributed by atoms with Gasteiger partial charge in [-0.15, -0.1) is 0 Å². The number of likely N-dealkylation sites (N-methyl/N-ethyl adjacent to an activating group) is 1. The van der Waals surface area contributed by atoms with Gasteiger partial charge in [-0.1, -0.05) is 0 Å². The molecule has 5 heteroatoms. The second-order valence-corrected chi connectivity index (χ2v) is 4.65. The quantitative estimate of drug-likeness (QED) is 0.773. The molecule has 1 aromatic rings. The summed E-state index contributed by atoms with van der Waals surface area (Å²) in [5.41, 5.74) is 0.454. The molecule has 1 saturated heterocycles. The number of rotatable bonds is 4. The molecule has 1 aromatic carbocycles. The van der Waals surface area contributed by atoms with Gasteiger partial charge in [0.05, 0.1) is 19.8 Å². The molecule has 1 aliphatic rings. The van der Waals surface area contributed by atoms with Gasteiger partial charge in [-0.3, -0.25) is 0 Å². The van der Waals surface area contributed by atoms with E-state index in [-0.39, 0.29) is 12.1 Å². The Balaban J connectivity index is 2.14. The molecule has 0 N–H and O–H groups in total. The molecule has 1 atom stereocenters.